The Morgan fingerprint density at radius 1 is 1.19 bits per heavy atom. The first-order chi connectivity index (χ1) is 9.18. The number of nitrogens with one attached hydrogen (secondary N) is 1. The van der Waals surface area contributed by atoms with Crippen molar-refractivity contribution in [1.82, 2.24) is 5.32 Å². The number of hydrogen-bond acceptors (Lipinski definition) is 2. The second-order valence-electron chi connectivity index (χ2n) is 6.83. The van der Waals surface area contributed by atoms with Gasteiger partial charge in [-0.2, -0.15) is 0 Å². The topological polar surface area (TPSA) is 38.3 Å². The fourth-order valence-electron chi connectivity index (χ4n) is 1.71. The van der Waals surface area contributed by atoms with Gasteiger partial charge in [-0.1, -0.05) is 30.3 Å². The number of benzene rings is 1. The molecule has 0 aliphatic heterocycles. The van der Waals surface area contributed by atoms with E-state index in [1.54, 1.807) is 0 Å². The summed E-state index contributed by atoms with van der Waals surface area (Å²) in [4.78, 5) is 11.8. The monoisotopic (exact) mass is 406 g/mol. The summed E-state index contributed by atoms with van der Waals surface area (Å²) in [5, 5.41) is 2.93. The molecule has 0 unspecified atom stereocenters. The summed E-state index contributed by atoms with van der Waals surface area (Å²) in [6.45, 7) is 5.34. The van der Waals surface area contributed by atoms with Crippen LogP contribution in [0.15, 0.2) is 30.3 Å². The molecule has 0 radical (unpaired) electrons. The summed E-state index contributed by atoms with van der Waals surface area (Å²) >= 11 is 0. The lowest BCUT2D eigenvalue weighted by Crippen LogP contribution is -3.00. The van der Waals surface area contributed by atoms with E-state index in [-0.39, 0.29) is 35.6 Å². The molecule has 0 fully saturated rings. The SMILES string of the molecule is CC(C)(CC[N+](C)(C)C)NC(=O)OCc1ccccc1.[I-]. The maximum atomic E-state index is 11.8. The number of amides is 1. The highest BCUT2D eigenvalue weighted by molar-refractivity contribution is 5.68. The van der Waals surface area contributed by atoms with Crippen molar-refractivity contribution in [2.45, 2.75) is 32.4 Å². The molecule has 1 aromatic carbocycles. The minimum absolute atomic E-state index is 0. The maximum Gasteiger partial charge on any atom is 0.407 e. The van der Waals surface area contributed by atoms with E-state index in [0.29, 0.717) is 6.61 Å². The number of rotatable bonds is 6. The second kappa shape index (κ2) is 8.58. The van der Waals surface area contributed by atoms with Gasteiger partial charge < -0.3 is 38.5 Å². The van der Waals surface area contributed by atoms with E-state index < -0.39 is 0 Å². The Kier molecular flexibility index (Phi) is 8.25. The Hall–Kier alpha value is -0.820. The average Bonchev–Trinajstić information content (AvgIpc) is 2.34. The minimum atomic E-state index is -0.361. The highest BCUT2D eigenvalue weighted by atomic mass is 127. The Balaban J connectivity index is 0.00000400. The Morgan fingerprint density at radius 3 is 2.29 bits per heavy atom. The van der Waals surface area contributed by atoms with Gasteiger partial charge in [-0.3, -0.25) is 0 Å². The number of ether oxygens (including phenoxy) is 1. The van der Waals surface area contributed by atoms with Crippen molar-refractivity contribution < 1.29 is 38.0 Å². The van der Waals surface area contributed by atoms with Gasteiger partial charge in [0.2, 0.25) is 0 Å². The van der Waals surface area contributed by atoms with E-state index in [0.717, 1.165) is 23.0 Å². The molecule has 1 aromatic rings. The van der Waals surface area contributed by atoms with Crippen molar-refractivity contribution >= 4 is 6.09 Å². The standard InChI is InChI=1S/C16H26N2O2.HI/c1-16(2,11-12-18(3,4)5)17-15(19)20-13-14-9-7-6-8-10-14;/h6-10H,11-13H2,1-5H3;1H. The van der Waals surface area contributed by atoms with Crippen molar-refractivity contribution in [3.05, 3.63) is 35.9 Å². The first-order valence-electron chi connectivity index (χ1n) is 6.97. The Bertz CT molecular complexity index is 428. The van der Waals surface area contributed by atoms with Crippen molar-refractivity contribution in [2.75, 3.05) is 27.7 Å². The molecule has 4 nitrogen and oxygen atoms in total. The molecule has 0 bridgehead atoms. The Labute approximate surface area is 145 Å². The van der Waals surface area contributed by atoms with Crippen LogP contribution in [0.5, 0.6) is 0 Å². The van der Waals surface area contributed by atoms with E-state index in [4.69, 9.17) is 4.74 Å². The van der Waals surface area contributed by atoms with Gasteiger partial charge in [0.1, 0.15) is 6.61 Å². The van der Waals surface area contributed by atoms with Crippen LogP contribution in [-0.4, -0.2) is 43.8 Å². The van der Waals surface area contributed by atoms with Crippen LogP contribution >= 0.6 is 0 Å². The summed E-state index contributed by atoms with van der Waals surface area (Å²) in [6, 6.07) is 9.69. The van der Waals surface area contributed by atoms with Gasteiger partial charge >= 0.3 is 6.09 Å². The van der Waals surface area contributed by atoms with E-state index >= 15 is 0 Å². The first kappa shape index (κ1) is 20.2. The summed E-state index contributed by atoms with van der Waals surface area (Å²) in [5.74, 6) is 0. The zero-order chi connectivity index (χ0) is 15.2. The first-order valence-corrected chi connectivity index (χ1v) is 6.97. The van der Waals surface area contributed by atoms with E-state index in [1.165, 1.54) is 0 Å². The minimum Gasteiger partial charge on any atom is -1.00 e. The number of carbonyl (C=O) groups excluding carboxylic acids is 1. The summed E-state index contributed by atoms with van der Waals surface area (Å²) in [7, 11) is 6.43. The Morgan fingerprint density at radius 2 is 1.76 bits per heavy atom. The molecule has 1 amide bonds. The van der Waals surface area contributed by atoms with Gasteiger partial charge in [-0.25, -0.2) is 4.79 Å². The highest BCUT2D eigenvalue weighted by Crippen LogP contribution is 2.11. The number of hydrogen-bond donors (Lipinski definition) is 1. The zero-order valence-electron chi connectivity index (χ0n) is 13.6. The predicted octanol–water partition coefficient (Wildman–Crippen LogP) is -0.208. The molecule has 0 saturated carbocycles. The fourth-order valence-corrected chi connectivity index (χ4v) is 1.71. The van der Waals surface area contributed by atoms with Gasteiger partial charge in [0.25, 0.3) is 0 Å². The smallest absolute Gasteiger partial charge is 0.407 e. The van der Waals surface area contributed by atoms with Gasteiger partial charge in [0.05, 0.1) is 27.7 Å². The quantitative estimate of drug-likeness (QED) is 0.525. The normalized spacial score (nSPS) is 11.5. The van der Waals surface area contributed by atoms with Gasteiger partial charge in [0, 0.05) is 12.0 Å². The van der Waals surface area contributed by atoms with Crippen molar-refractivity contribution in [3.8, 4) is 0 Å². The molecule has 0 aliphatic rings. The van der Waals surface area contributed by atoms with Gasteiger partial charge in [-0.05, 0) is 19.4 Å². The van der Waals surface area contributed by atoms with Crippen LogP contribution in [0.2, 0.25) is 0 Å². The highest BCUT2D eigenvalue weighted by Gasteiger charge is 2.24. The van der Waals surface area contributed by atoms with Crippen molar-refractivity contribution in [1.29, 1.82) is 0 Å². The molecule has 0 spiro atoms. The van der Waals surface area contributed by atoms with Crippen LogP contribution in [0.25, 0.3) is 0 Å². The van der Waals surface area contributed by atoms with Crippen LogP contribution in [0, 0.1) is 0 Å². The third-order valence-corrected chi connectivity index (χ3v) is 3.06. The van der Waals surface area contributed by atoms with Gasteiger partial charge in [-0.15, -0.1) is 0 Å². The fraction of sp³-hybridized carbons (Fsp3) is 0.562. The number of nitrogens with zero attached hydrogens (tertiary/aromatic N) is 1. The van der Waals surface area contributed by atoms with E-state index in [1.807, 2.05) is 44.2 Å². The number of alkyl carbamates (subject to hydrolysis) is 1. The van der Waals surface area contributed by atoms with Crippen LogP contribution < -0.4 is 29.3 Å². The summed E-state index contributed by atoms with van der Waals surface area (Å²) < 4.78 is 6.12. The molecule has 0 heterocycles. The number of carbonyl (C=O) groups is 1. The molecule has 1 rings (SSSR count). The third-order valence-electron chi connectivity index (χ3n) is 3.06. The molecule has 0 atom stereocenters. The third kappa shape index (κ3) is 9.68. The van der Waals surface area contributed by atoms with Crippen LogP contribution in [0.1, 0.15) is 25.8 Å². The molecule has 120 valence electrons. The largest absolute Gasteiger partial charge is 1.00 e. The summed E-state index contributed by atoms with van der Waals surface area (Å²) in [6.07, 6.45) is 0.539. The summed E-state index contributed by atoms with van der Waals surface area (Å²) in [5.41, 5.74) is 0.728. The van der Waals surface area contributed by atoms with Crippen LogP contribution in [-0.2, 0) is 11.3 Å². The lowest BCUT2D eigenvalue weighted by Gasteiger charge is -2.31. The molecule has 0 saturated heterocycles. The van der Waals surface area contributed by atoms with Crippen molar-refractivity contribution in [3.63, 3.8) is 0 Å². The second-order valence-corrected chi connectivity index (χ2v) is 6.83. The maximum absolute atomic E-state index is 11.8. The van der Waals surface area contributed by atoms with E-state index in [9.17, 15) is 4.79 Å². The number of halogens is 1. The molecular formula is C16H27IN2O2. The molecule has 21 heavy (non-hydrogen) atoms. The lowest BCUT2D eigenvalue weighted by molar-refractivity contribution is -0.870. The van der Waals surface area contributed by atoms with E-state index in [2.05, 4.69) is 26.5 Å². The molecule has 0 aromatic heterocycles. The zero-order valence-corrected chi connectivity index (χ0v) is 15.8. The molecule has 5 heteroatoms. The predicted molar refractivity (Wildman–Crippen MR) is 81.4 cm³/mol. The number of quaternary nitrogens is 1. The molecule has 1 N–H and O–H groups in total. The van der Waals surface area contributed by atoms with Gasteiger partial charge in [0.15, 0.2) is 0 Å². The molecular weight excluding hydrogens is 379 g/mol. The van der Waals surface area contributed by atoms with Crippen LogP contribution in [0.3, 0.4) is 0 Å². The molecule has 0 aliphatic carbocycles. The van der Waals surface area contributed by atoms with Crippen LogP contribution in [0.4, 0.5) is 4.79 Å². The van der Waals surface area contributed by atoms with Crippen molar-refractivity contribution in [2.24, 2.45) is 0 Å². The lowest BCUT2D eigenvalue weighted by atomic mass is 10.0. The average molecular weight is 406 g/mol.